The van der Waals surface area contributed by atoms with Crippen molar-refractivity contribution in [2.45, 2.75) is 19.8 Å². The number of rotatable bonds is 4. The van der Waals surface area contributed by atoms with Gasteiger partial charge in [-0.3, -0.25) is 9.20 Å². The molecule has 1 aromatic carbocycles. The SMILES string of the molecule is CC(C)c1cccc(Oc2nc3sccn3c2C=O)c1. The first-order valence-electron chi connectivity index (χ1n) is 6.37. The van der Waals surface area contributed by atoms with Gasteiger partial charge in [0, 0.05) is 11.6 Å². The second-order valence-corrected chi connectivity index (χ2v) is 5.68. The van der Waals surface area contributed by atoms with E-state index in [0.29, 0.717) is 23.2 Å². The molecular formula is C15H14N2O2S. The third-order valence-corrected chi connectivity index (χ3v) is 3.87. The Labute approximate surface area is 120 Å². The molecule has 0 fully saturated rings. The number of aldehydes is 1. The fraction of sp³-hybridized carbons (Fsp3) is 0.200. The van der Waals surface area contributed by atoms with E-state index in [1.165, 1.54) is 16.9 Å². The predicted molar refractivity (Wildman–Crippen MR) is 79.1 cm³/mol. The van der Waals surface area contributed by atoms with Gasteiger partial charge in [-0.2, -0.15) is 4.98 Å². The van der Waals surface area contributed by atoms with Gasteiger partial charge in [0.2, 0.25) is 5.88 Å². The summed E-state index contributed by atoms with van der Waals surface area (Å²) < 4.78 is 7.51. The summed E-state index contributed by atoms with van der Waals surface area (Å²) in [6.45, 7) is 4.26. The van der Waals surface area contributed by atoms with Gasteiger partial charge in [0.05, 0.1) is 0 Å². The van der Waals surface area contributed by atoms with E-state index in [0.717, 1.165) is 11.2 Å². The van der Waals surface area contributed by atoms with Gasteiger partial charge >= 0.3 is 0 Å². The molecule has 0 aliphatic heterocycles. The Morgan fingerprint density at radius 1 is 1.40 bits per heavy atom. The normalized spacial score (nSPS) is 11.2. The van der Waals surface area contributed by atoms with Crippen LogP contribution in [0.4, 0.5) is 0 Å². The Kier molecular flexibility index (Phi) is 3.28. The van der Waals surface area contributed by atoms with Crippen LogP contribution in [0.1, 0.15) is 35.8 Å². The molecule has 102 valence electrons. The predicted octanol–water partition coefficient (Wildman–Crippen LogP) is 4.12. The zero-order valence-corrected chi connectivity index (χ0v) is 12.1. The lowest BCUT2D eigenvalue weighted by atomic mass is 10.0. The van der Waals surface area contributed by atoms with Crippen LogP contribution in [0, 0.1) is 0 Å². The van der Waals surface area contributed by atoms with Crippen molar-refractivity contribution in [2.75, 3.05) is 0 Å². The van der Waals surface area contributed by atoms with Gasteiger partial charge in [-0.05, 0) is 23.6 Å². The average molecular weight is 286 g/mol. The highest BCUT2D eigenvalue weighted by molar-refractivity contribution is 7.15. The number of fused-ring (bicyclic) bond motifs is 1. The smallest absolute Gasteiger partial charge is 0.250 e. The van der Waals surface area contributed by atoms with Crippen molar-refractivity contribution in [1.29, 1.82) is 0 Å². The van der Waals surface area contributed by atoms with Crippen molar-refractivity contribution in [1.82, 2.24) is 9.38 Å². The Morgan fingerprint density at radius 3 is 3.00 bits per heavy atom. The zero-order chi connectivity index (χ0) is 14.1. The van der Waals surface area contributed by atoms with Crippen LogP contribution in [0.15, 0.2) is 35.8 Å². The minimum atomic E-state index is 0.354. The molecule has 0 spiro atoms. The number of hydrogen-bond acceptors (Lipinski definition) is 4. The van der Waals surface area contributed by atoms with Crippen LogP contribution in [0.25, 0.3) is 4.96 Å². The molecule has 0 aliphatic carbocycles. The molecule has 0 saturated heterocycles. The fourth-order valence-electron chi connectivity index (χ4n) is 2.01. The largest absolute Gasteiger partial charge is 0.437 e. The van der Waals surface area contributed by atoms with E-state index in [-0.39, 0.29) is 0 Å². The average Bonchev–Trinajstić information content (AvgIpc) is 2.99. The molecule has 0 bridgehead atoms. The highest BCUT2D eigenvalue weighted by atomic mass is 32.1. The maximum absolute atomic E-state index is 11.2. The number of thiazole rings is 1. The lowest BCUT2D eigenvalue weighted by molar-refractivity contribution is 0.111. The lowest BCUT2D eigenvalue weighted by Gasteiger charge is -2.08. The molecule has 20 heavy (non-hydrogen) atoms. The van der Waals surface area contributed by atoms with Gasteiger partial charge in [0.15, 0.2) is 16.9 Å². The Balaban J connectivity index is 1.98. The van der Waals surface area contributed by atoms with Crippen LogP contribution in [-0.4, -0.2) is 15.7 Å². The van der Waals surface area contributed by atoms with Crippen LogP contribution in [0.2, 0.25) is 0 Å². The second-order valence-electron chi connectivity index (χ2n) is 4.80. The molecule has 0 saturated carbocycles. The summed E-state index contributed by atoms with van der Waals surface area (Å²) in [4.78, 5) is 16.3. The van der Waals surface area contributed by atoms with E-state index in [1.54, 1.807) is 4.40 Å². The van der Waals surface area contributed by atoms with E-state index in [2.05, 4.69) is 24.9 Å². The molecule has 4 nitrogen and oxygen atoms in total. The van der Waals surface area contributed by atoms with Gasteiger partial charge in [-0.15, -0.1) is 11.3 Å². The first-order chi connectivity index (χ1) is 9.69. The molecule has 3 aromatic rings. The van der Waals surface area contributed by atoms with Crippen molar-refractivity contribution in [2.24, 2.45) is 0 Å². The fourth-order valence-corrected chi connectivity index (χ4v) is 2.73. The maximum Gasteiger partial charge on any atom is 0.250 e. The van der Waals surface area contributed by atoms with E-state index in [1.807, 2.05) is 29.8 Å². The summed E-state index contributed by atoms with van der Waals surface area (Å²) in [6, 6.07) is 7.86. The van der Waals surface area contributed by atoms with Crippen LogP contribution in [-0.2, 0) is 0 Å². The summed E-state index contributed by atoms with van der Waals surface area (Å²) in [6.07, 6.45) is 2.59. The number of nitrogens with zero attached hydrogens (tertiary/aromatic N) is 2. The van der Waals surface area contributed by atoms with Gasteiger partial charge in [-0.1, -0.05) is 26.0 Å². The van der Waals surface area contributed by atoms with Crippen molar-refractivity contribution in [3.05, 3.63) is 47.1 Å². The van der Waals surface area contributed by atoms with Crippen LogP contribution in [0.5, 0.6) is 11.6 Å². The summed E-state index contributed by atoms with van der Waals surface area (Å²) in [5, 5.41) is 1.89. The number of aromatic nitrogens is 2. The molecule has 0 unspecified atom stereocenters. The summed E-state index contributed by atoms with van der Waals surface area (Å²) >= 11 is 1.47. The minimum absolute atomic E-state index is 0.354. The molecule has 0 radical (unpaired) electrons. The minimum Gasteiger partial charge on any atom is -0.437 e. The number of carbonyl (C=O) groups excluding carboxylic acids is 1. The summed E-state index contributed by atoms with van der Waals surface area (Å²) in [5.74, 6) is 1.48. The summed E-state index contributed by atoms with van der Waals surface area (Å²) in [5.41, 5.74) is 1.63. The van der Waals surface area contributed by atoms with Crippen molar-refractivity contribution in [3.8, 4) is 11.6 Å². The Bertz CT molecular complexity index is 758. The van der Waals surface area contributed by atoms with Crippen LogP contribution in [0.3, 0.4) is 0 Å². The highest BCUT2D eigenvalue weighted by Crippen LogP contribution is 2.28. The molecule has 0 N–H and O–H groups in total. The van der Waals surface area contributed by atoms with Crippen LogP contribution >= 0.6 is 11.3 Å². The van der Waals surface area contributed by atoms with E-state index in [4.69, 9.17) is 4.74 Å². The third-order valence-electron chi connectivity index (χ3n) is 3.12. The maximum atomic E-state index is 11.2. The first kappa shape index (κ1) is 12.9. The lowest BCUT2D eigenvalue weighted by Crippen LogP contribution is -1.93. The molecule has 2 heterocycles. The molecule has 3 rings (SSSR count). The topological polar surface area (TPSA) is 43.6 Å². The first-order valence-corrected chi connectivity index (χ1v) is 7.25. The van der Waals surface area contributed by atoms with Crippen molar-refractivity contribution < 1.29 is 9.53 Å². The zero-order valence-electron chi connectivity index (χ0n) is 11.2. The van der Waals surface area contributed by atoms with E-state index < -0.39 is 0 Å². The van der Waals surface area contributed by atoms with E-state index >= 15 is 0 Å². The highest BCUT2D eigenvalue weighted by Gasteiger charge is 2.14. The second kappa shape index (κ2) is 5.09. The van der Waals surface area contributed by atoms with Crippen molar-refractivity contribution in [3.63, 3.8) is 0 Å². The molecule has 5 heteroatoms. The quantitative estimate of drug-likeness (QED) is 0.677. The van der Waals surface area contributed by atoms with Gasteiger partial charge < -0.3 is 4.74 Å². The number of hydrogen-bond donors (Lipinski definition) is 0. The number of benzene rings is 1. The Morgan fingerprint density at radius 2 is 2.25 bits per heavy atom. The van der Waals surface area contributed by atoms with Gasteiger partial charge in [-0.25, -0.2) is 0 Å². The van der Waals surface area contributed by atoms with Gasteiger partial charge in [0.25, 0.3) is 0 Å². The number of imidazole rings is 1. The Hall–Kier alpha value is -2.14. The van der Waals surface area contributed by atoms with Gasteiger partial charge in [0.1, 0.15) is 5.75 Å². The molecular weight excluding hydrogens is 272 g/mol. The standard InChI is InChI=1S/C15H14N2O2S/c1-10(2)11-4-3-5-12(8-11)19-14-13(9-18)17-6-7-20-15(17)16-14/h3-10H,1-2H3. The molecule has 0 aliphatic rings. The molecule has 2 aromatic heterocycles. The monoisotopic (exact) mass is 286 g/mol. The molecule has 0 amide bonds. The summed E-state index contributed by atoms with van der Waals surface area (Å²) in [7, 11) is 0. The van der Waals surface area contributed by atoms with Crippen molar-refractivity contribution >= 4 is 22.6 Å². The third kappa shape index (κ3) is 2.20. The number of ether oxygens (including phenoxy) is 1. The number of carbonyl (C=O) groups is 1. The molecule has 0 atom stereocenters. The van der Waals surface area contributed by atoms with E-state index in [9.17, 15) is 4.79 Å². The van der Waals surface area contributed by atoms with Crippen LogP contribution < -0.4 is 4.74 Å².